The quantitative estimate of drug-likeness (QED) is 0.509. The molecule has 0 atom stereocenters. The number of benzene rings is 2. The number of aryl methyl sites for hydroxylation is 1. The van der Waals surface area contributed by atoms with Gasteiger partial charge in [0.2, 0.25) is 11.9 Å². The summed E-state index contributed by atoms with van der Waals surface area (Å²) in [6, 6.07) is 15.2. The highest BCUT2D eigenvalue weighted by Crippen LogP contribution is 2.27. The zero-order valence-electron chi connectivity index (χ0n) is 19.1. The van der Waals surface area contributed by atoms with Crippen molar-refractivity contribution in [2.24, 2.45) is 0 Å². The minimum Gasteiger partial charge on any atom is -0.494 e. The number of hydrogen-bond acceptors (Lipinski definition) is 9. The Labute approximate surface area is 194 Å². The molecule has 1 saturated heterocycles. The standard InChI is InChI=1S/C24H30N6O3/c1-3-32-21-5-4-6-22(17-21)33-20-9-7-19(8-10-20)27-23-25-18(2)26-24(28-23)30-13-11-29(12-14-30)15-16-31/h4-10,17,31H,3,11-16H2,1-2H3,(H,25,26,27,28). The zero-order valence-corrected chi connectivity index (χ0v) is 19.1. The molecule has 9 heteroatoms. The molecule has 9 nitrogen and oxygen atoms in total. The molecule has 0 amide bonds. The fourth-order valence-electron chi connectivity index (χ4n) is 3.64. The van der Waals surface area contributed by atoms with Crippen molar-refractivity contribution in [3.8, 4) is 17.2 Å². The van der Waals surface area contributed by atoms with E-state index in [1.165, 1.54) is 0 Å². The molecule has 174 valence electrons. The second kappa shape index (κ2) is 10.9. The largest absolute Gasteiger partial charge is 0.494 e. The van der Waals surface area contributed by atoms with Gasteiger partial charge in [0.15, 0.2) is 0 Å². The van der Waals surface area contributed by atoms with Gasteiger partial charge in [0, 0.05) is 44.5 Å². The van der Waals surface area contributed by atoms with E-state index in [-0.39, 0.29) is 6.61 Å². The van der Waals surface area contributed by atoms with Crippen molar-refractivity contribution in [2.75, 3.05) is 56.2 Å². The predicted octanol–water partition coefficient (Wildman–Crippen LogP) is 3.23. The molecule has 0 saturated carbocycles. The summed E-state index contributed by atoms with van der Waals surface area (Å²) in [6.07, 6.45) is 0. The van der Waals surface area contributed by atoms with E-state index in [0.29, 0.717) is 30.9 Å². The summed E-state index contributed by atoms with van der Waals surface area (Å²) in [5.74, 6) is 4.07. The van der Waals surface area contributed by atoms with Crippen LogP contribution >= 0.6 is 0 Å². The summed E-state index contributed by atoms with van der Waals surface area (Å²) in [6.45, 7) is 8.71. The molecule has 1 aromatic heterocycles. The molecule has 0 bridgehead atoms. The van der Waals surface area contributed by atoms with Gasteiger partial charge in [-0.1, -0.05) is 6.07 Å². The average molecular weight is 451 g/mol. The van der Waals surface area contributed by atoms with Gasteiger partial charge in [-0.2, -0.15) is 15.0 Å². The number of hydrogen-bond donors (Lipinski definition) is 2. The number of nitrogens with zero attached hydrogens (tertiary/aromatic N) is 5. The third kappa shape index (κ3) is 6.30. The van der Waals surface area contributed by atoms with E-state index in [0.717, 1.165) is 49.1 Å². The molecule has 2 aromatic carbocycles. The third-order valence-electron chi connectivity index (χ3n) is 5.27. The molecule has 1 fully saturated rings. The molecule has 3 aromatic rings. The van der Waals surface area contributed by atoms with Crippen LogP contribution in [0.15, 0.2) is 48.5 Å². The molecule has 0 unspecified atom stereocenters. The van der Waals surface area contributed by atoms with Crippen molar-refractivity contribution < 1.29 is 14.6 Å². The summed E-state index contributed by atoms with van der Waals surface area (Å²) < 4.78 is 11.5. The SMILES string of the molecule is CCOc1cccc(Oc2ccc(Nc3nc(C)nc(N4CCN(CCO)CC4)n3)cc2)c1. The lowest BCUT2D eigenvalue weighted by Crippen LogP contribution is -2.47. The van der Waals surface area contributed by atoms with Crippen LogP contribution in [0.2, 0.25) is 0 Å². The van der Waals surface area contributed by atoms with Crippen molar-refractivity contribution in [2.45, 2.75) is 13.8 Å². The first kappa shape index (κ1) is 22.8. The molecule has 0 radical (unpaired) electrons. The van der Waals surface area contributed by atoms with Crippen LogP contribution in [0.1, 0.15) is 12.7 Å². The van der Waals surface area contributed by atoms with Gasteiger partial charge in [0.05, 0.1) is 13.2 Å². The Morgan fingerprint density at radius 1 is 0.939 bits per heavy atom. The maximum atomic E-state index is 9.13. The first-order valence-corrected chi connectivity index (χ1v) is 11.2. The number of aliphatic hydroxyl groups is 1. The number of piperazine rings is 1. The highest BCUT2D eigenvalue weighted by atomic mass is 16.5. The summed E-state index contributed by atoms with van der Waals surface area (Å²) in [5, 5.41) is 12.4. The van der Waals surface area contributed by atoms with Crippen LogP contribution < -0.4 is 19.7 Å². The van der Waals surface area contributed by atoms with Crippen molar-refractivity contribution in [1.29, 1.82) is 0 Å². The maximum Gasteiger partial charge on any atom is 0.232 e. The van der Waals surface area contributed by atoms with E-state index in [1.54, 1.807) is 0 Å². The molecule has 33 heavy (non-hydrogen) atoms. The average Bonchev–Trinajstić information content (AvgIpc) is 2.81. The highest BCUT2D eigenvalue weighted by Gasteiger charge is 2.19. The second-order valence-corrected chi connectivity index (χ2v) is 7.72. The van der Waals surface area contributed by atoms with Crippen LogP contribution in [0.3, 0.4) is 0 Å². The van der Waals surface area contributed by atoms with Gasteiger partial charge in [-0.25, -0.2) is 0 Å². The van der Waals surface area contributed by atoms with Crippen LogP contribution in [-0.2, 0) is 0 Å². The molecule has 1 aliphatic heterocycles. The number of rotatable bonds is 9. The molecule has 0 aliphatic carbocycles. The van der Waals surface area contributed by atoms with Crippen LogP contribution in [0.4, 0.5) is 17.6 Å². The number of β-amino-alcohol motifs (C(OH)–C–C–N with tert-alkyl or cyclic N) is 1. The smallest absolute Gasteiger partial charge is 0.232 e. The Bertz CT molecular complexity index is 1040. The van der Waals surface area contributed by atoms with Gasteiger partial charge in [-0.15, -0.1) is 0 Å². The molecule has 2 N–H and O–H groups in total. The summed E-state index contributed by atoms with van der Waals surface area (Å²) in [5.41, 5.74) is 0.856. The van der Waals surface area contributed by atoms with Crippen molar-refractivity contribution >= 4 is 17.6 Å². The van der Waals surface area contributed by atoms with Crippen LogP contribution in [0.5, 0.6) is 17.2 Å². The van der Waals surface area contributed by atoms with Gasteiger partial charge in [0.25, 0.3) is 0 Å². The van der Waals surface area contributed by atoms with E-state index >= 15 is 0 Å². The summed E-state index contributed by atoms with van der Waals surface area (Å²) >= 11 is 0. The van der Waals surface area contributed by atoms with E-state index in [1.807, 2.05) is 62.4 Å². The lowest BCUT2D eigenvalue weighted by Gasteiger charge is -2.34. The minimum absolute atomic E-state index is 0.183. The number of ether oxygens (including phenoxy) is 2. The van der Waals surface area contributed by atoms with E-state index in [2.05, 4.69) is 30.1 Å². The lowest BCUT2D eigenvalue weighted by molar-refractivity contribution is 0.188. The van der Waals surface area contributed by atoms with Gasteiger partial charge < -0.3 is 24.8 Å². The fourth-order valence-corrected chi connectivity index (χ4v) is 3.64. The van der Waals surface area contributed by atoms with Crippen LogP contribution in [0.25, 0.3) is 0 Å². The summed E-state index contributed by atoms with van der Waals surface area (Å²) in [7, 11) is 0. The van der Waals surface area contributed by atoms with Crippen LogP contribution in [-0.4, -0.2) is 70.9 Å². The van der Waals surface area contributed by atoms with Gasteiger partial charge >= 0.3 is 0 Å². The number of anilines is 3. The Morgan fingerprint density at radius 2 is 1.70 bits per heavy atom. The molecule has 1 aliphatic rings. The second-order valence-electron chi connectivity index (χ2n) is 7.72. The Kier molecular flexibility index (Phi) is 7.54. The van der Waals surface area contributed by atoms with Gasteiger partial charge in [-0.05, 0) is 50.2 Å². The van der Waals surface area contributed by atoms with Gasteiger partial charge in [0.1, 0.15) is 23.1 Å². The maximum absolute atomic E-state index is 9.13. The monoisotopic (exact) mass is 450 g/mol. The number of nitrogens with one attached hydrogen (secondary N) is 1. The molecule has 2 heterocycles. The Balaban J connectivity index is 1.39. The van der Waals surface area contributed by atoms with Crippen molar-refractivity contribution in [1.82, 2.24) is 19.9 Å². The highest BCUT2D eigenvalue weighted by molar-refractivity contribution is 5.56. The minimum atomic E-state index is 0.183. The first-order chi connectivity index (χ1) is 16.1. The van der Waals surface area contributed by atoms with Crippen molar-refractivity contribution in [3.63, 3.8) is 0 Å². The molecular weight excluding hydrogens is 420 g/mol. The fraction of sp³-hybridized carbons (Fsp3) is 0.375. The topological polar surface area (TPSA) is 95.9 Å². The number of aliphatic hydroxyl groups excluding tert-OH is 1. The van der Waals surface area contributed by atoms with Crippen LogP contribution in [0, 0.1) is 6.92 Å². The molecule has 0 spiro atoms. The summed E-state index contributed by atoms with van der Waals surface area (Å²) in [4.78, 5) is 18.0. The van der Waals surface area contributed by atoms with E-state index in [4.69, 9.17) is 14.6 Å². The van der Waals surface area contributed by atoms with E-state index < -0.39 is 0 Å². The molecular formula is C24H30N6O3. The lowest BCUT2D eigenvalue weighted by atomic mass is 10.3. The molecule has 4 rings (SSSR count). The predicted molar refractivity (Wildman–Crippen MR) is 128 cm³/mol. The number of aromatic nitrogens is 3. The zero-order chi connectivity index (χ0) is 23.0. The van der Waals surface area contributed by atoms with Crippen molar-refractivity contribution in [3.05, 3.63) is 54.4 Å². The third-order valence-corrected chi connectivity index (χ3v) is 5.27. The Hall–Kier alpha value is -3.43. The normalized spacial score (nSPS) is 14.2. The van der Waals surface area contributed by atoms with Gasteiger partial charge in [-0.3, -0.25) is 4.90 Å². The first-order valence-electron chi connectivity index (χ1n) is 11.2. The Morgan fingerprint density at radius 3 is 2.42 bits per heavy atom. The van der Waals surface area contributed by atoms with E-state index in [9.17, 15) is 0 Å².